The van der Waals surface area contributed by atoms with E-state index in [-0.39, 0.29) is 30.0 Å². The molecule has 1 aliphatic carbocycles. The molecule has 3 amide bonds. The minimum Gasteiger partial charge on any atom is -0.343 e. The van der Waals surface area contributed by atoms with Crippen LogP contribution in [0, 0.1) is 13.8 Å². The second-order valence-corrected chi connectivity index (χ2v) is 9.58. The molecule has 3 rings (SSSR count). The molecule has 0 unspecified atom stereocenters. The smallest absolute Gasteiger partial charge is 0.252 e. The lowest BCUT2D eigenvalue weighted by Crippen LogP contribution is -2.39. The number of hydrogen-bond acceptors (Lipinski definition) is 4. The van der Waals surface area contributed by atoms with Crippen LogP contribution in [0.4, 0.5) is 5.69 Å². The number of hydrogen-bond donors (Lipinski definition) is 2. The summed E-state index contributed by atoms with van der Waals surface area (Å²) in [5.74, 6) is -0.256. The lowest BCUT2D eigenvalue weighted by Gasteiger charge is -2.31. The summed E-state index contributed by atoms with van der Waals surface area (Å²) in [4.78, 5) is 40.4. The van der Waals surface area contributed by atoms with Crippen LogP contribution in [0.1, 0.15) is 53.6 Å². The van der Waals surface area contributed by atoms with Crippen molar-refractivity contribution in [2.24, 2.45) is 0 Å². The topological polar surface area (TPSA) is 78.5 Å². The molecule has 0 spiro atoms. The number of benzene rings is 2. The van der Waals surface area contributed by atoms with E-state index in [9.17, 15) is 14.4 Å². The Morgan fingerprint density at radius 1 is 1.00 bits per heavy atom. The monoisotopic (exact) mass is 467 g/mol. The van der Waals surface area contributed by atoms with Crippen LogP contribution in [0.5, 0.6) is 0 Å². The minimum atomic E-state index is -0.331. The van der Waals surface area contributed by atoms with Crippen molar-refractivity contribution < 1.29 is 14.4 Å². The zero-order valence-electron chi connectivity index (χ0n) is 19.6. The van der Waals surface area contributed by atoms with Crippen LogP contribution in [0.15, 0.2) is 47.4 Å². The highest BCUT2D eigenvalue weighted by atomic mass is 32.2. The van der Waals surface area contributed by atoms with Crippen LogP contribution in [-0.2, 0) is 9.59 Å². The molecule has 6 nitrogen and oxygen atoms in total. The van der Waals surface area contributed by atoms with Gasteiger partial charge in [0.25, 0.3) is 5.91 Å². The van der Waals surface area contributed by atoms with Crippen molar-refractivity contribution in [2.75, 3.05) is 24.7 Å². The van der Waals surface area contributed by atoms with Crippen LogP contribution >= 0.6 is 11.8 Å². The fraction of sp³-hybridized carbons (Fsp3) is 0.423. The van der Waals surface area contributed by atoms with Crippen LogP contribution in [0.3, 0.4) is 0 Å². The molecule has 0 atom stereocenters. The Bertz CT molecular complexity index is 1000. The van der Waals surface area contributed by atoms with Gasteiger partial charge in [-0.05, 0) is 56.0 Å². The molecule has 0 aromatic heterocycles. The Balaban J connectivity index is 1.54. The third kappa shape index (κ3) is 6.84. The van der Waals surface area contributed by atoms with Gasteiger partial charge in [0.1, 0.15) is 0 Å². The van der Waals surface area contributed by atoms with Crippen molar-refractivity contribution in [3.8, 4) is 0 Å². The van der Waals surface area contributed by atoms with Crippen molar-refractivity contribution in [3.63, 3.8) is 0 Å². The second-order valence-electron chi connectivity index (χ2n) is 8.56. The summed E-state index contributed by atoms with van der Waals surface area (Å²) in [5.41, 5.74) is 3.30. The molecule has 2 aromatic carbocycles. The summed E-state index contributed by atoms with van der Waals surface area (Å²) in [6.45, 7) is 3.80. The maximum Gasteiger partial charge on any atom is 0.252 e. The zero-order chi connectivity index (χ0) is 23.8. The van der Waals surface area contributed by atoms with E-state index in [1.165, 1.54) is 31.0 Å². The molecule has 1 aliphatic rings. The van der Waals surface area contributed by atoms with Gasteiger partial charge in [-0.25, -0.2) is 0 Å². The Labute approximate surface area is 200 Å². The first-order valence-corrected chi connectivity index (χ1v) is 12.5. The average molecular weight is 468 g/mol. The van der Waals surface area contributed by atoms with Crippen molar-refractivity contribution in [1.82, 2.24) is 10.2 Å². The van der Waals surface area contributed by atoms with Crippen LogP contribution in [0.2, 0.25) is 0 Å². The number of carbonyl (C=O) groups excluding carboxylic acids is 3. The van der Waals surface area contributed by atoms with E-state index in [0.29, 0.717) is 11.6 Å². The number of anilines is 1. The molecular formula is C26H33N3O3S. The molecule has 0 radical (unpaired) electrons. The van der Waals surface area contributed by atoms with Crippen LogP contribution in [-0.4, -0.2) is 48.0 Å². The van der Waals surface area contributed by atoms with E-state index in [2.05, 4.69) is 10.6 Å². The van der Waals surface area contributed by atoms with Crippen molar-refractivity contribution in [1.29, 1.82) is 0 Å². The second kappa shape index (κ2) is 11.9. The van der Waals surface area contributed by atoms with Gasteiger partial charge in [-0.2, -0.15) is 0 Å². The van der Waals surface area contributed by atoms with Gasteiger partial charge in [0.2, 0.25) is 11.8 Å². The quantitative estimate of drug-likeness (QED) is 0.558. The minimum absolute atomic E-state index is 0.0787. The van der Waals surface area contributed by atoms with Crippen molar-refractivity contribution in [2.45, 2.75) is 56.9 Å². The van der Waals surface area contributed by atoms with Gasteiger partial charge < -0.3 is 15.5 Å². The number of amides is 3. The molecule has 1 saturated carbocycles. The number of aryl methyl sites for hydroxylation is 1. The predicted molar refractivity (Wildman–Crippen MR) is 134 cm³/mol. The van der Waals surface area contributed by atoms with E-state index >= 15 is 0 Å². The standard InChI is InChI=1S/C26H33N3O3S/c1-18-10-9-14-22(19(18)2)28-24(30)16-27-26(32)21-13-7-8-15-23(21)33-17-25(31)29(3)20-11-5-4-6-12-20/h7-10,13-15,20H,4-6,11-12,16-17H2,1-3H3,(H,27,32)(H,28,30). The SMILES string of the molecule is Cc1cccc(NC(=O)CNC(=O)c2ccccc2SCC(=O)N(C)C2CCCCC2)c1C. The highest BCUT2D eigenvalue weighted by molar-refractivity contribution is 8.00. The van der Waals surface area contributed by atoms with Crippen molar-refractivity contribution >= 4 is 35.2 Å². The molecule has 0 heterocycles. The summed E-state index contributed by atoms with van der Waals surface area (Å²) in [6, 6.07) is 13.2. The Hall–Kier alpha value is -2.80. The number of carbonyl (C=O) groups is 3. The lowest BCUT2D eigenvalue weighted by molar-refractivity contribution is -0.129. The molecule has 0 saturated heterocycles. The Morgan fingerprint density at radius 3 is 2.48 bits per heavy atom. The van der Waals surface area contributed by atoms with Gasteiger partial charge in [-0.3, -0.25) is 14.4 Å². The van der Waals surface area contributed by atoms with Gasteiger partial charge in [-0.1, -0.05) is 43.5 Å². The molecule has 0 aliphatic heterocycles. The van der Waals surface area contributed by atoms with Crippen LogP contribution in [0.25, 0.3) is 0 Å². The van der Waals surface area contributed by atoms with Gasteiger partial charge >= 0.3 is 0 Å². The maximum absolute atomic E-state index is 12.8. The molecule has 0 bridgehead atoms. The maximum atomic E-state index is 12.8. The first-order chi connectivity index (χ1) is 15.9. The Morgan fingerprint density at radius 2 is 1.73 bits per heavy atom. The summed E-state index contributed by atoms with van der Waals surface area (Å²) < 4.78 is 0. The molecule has 176 valence electrons. The van der Waals surface area contributed by atoms with E-state index in [4.69, 9.17) is 0 Å². The fourth-order valence-electron chi connectivity index (χ4n) is 4.03. The summed E-state index contributed by atoms with van der Waals surface area (Å²) in [7, 11) is 1.88. The third-order valence-electron chi connectivity index (χ3n) is 6.29. The van der Waals surface area contributed by atoms with E-state index in [0.717, 1.165) is 34.6 Å². The number of nitrogens with one attached hydrogen (secondary N) is 2. The highest BCUT2D eigenvalue weighted by Crippen LogP contribution is 2.26. The molecule has 7 heteroatoms. The predicted octanol–water partition coefficient (Wildman–Crippen LogP) is 4.56. The molecule has 1 fully saturated rings. The number of nitrogens with zero attached hydrogens (tertiary/aromatic N) is 1. The molecule has 2 N–H and O–H groups in total. The molecule has 33 heavy (non-hydrogen) atoms. The number of thioether (sulfide) groups is 1. The summed E-state index contributed by atoms with van der Waals surface area (Å²) in [6.07, 6.45) is 5.73. The first kappa shape index (κ1) is 24.8. The van der Waals surface area contributed by atoms with Crippen molar-refractivity contribution in [3.05, 3.63) is 59.2 Å². The first-order valence-electron chi connectivity index (χ1n) is 11.5. The average Bonchev–Trinajstić information content (AvgIpc) is 2.84. The Kier molecular flexibility index (Phi) is 8.95. The fourth-order valence-corrected chi connectivity index (χ4v) is 5.00. The zero-order valence-corrected chi connectivity index (χ0v) is 20.5. The van der Waals surface area contributed by atoms with Gasteiger partial charge in [0.05, 0.1) is 17.9 Å². The largest absolute Gasteiger partial charge is 0.343 e. The summed E-state index contributed by atoms with van der Waals surface area (Å²) in [5, 5.41) is 5.54. The van der Waals surface area contributed by atoms with Gasteiger partial charge in [0, 0.05) is 23.7 Å². The van der Waals surface area contributed by atoms with E-state index in [1.54, 1.807) is 12.1 Å². The third-order valence-corrected chi connectivity index (χ3v) is 7.35. The molecular weight excluding hydrogens is 434 g/mol. The lowest BCUT2D eigenvalue weighted by atomic mass is 9.94. The van der Waals surface area contributed by atoms with E-state index in [1.807, 2.05) is 56.1 Å². The van der Waals surface area contributed by atoms with Gasteiger partial charge in [-0.15, -0.1) is 11.8 Å². The highest BCUT2D eigenvalue weighted by Gasteiger charge is 2.22. The van der Waals surface area contributed by atoms with Crippen LogP contribution < -0.4 is 10.6 Å². The van der Waals surface area contributed by atoms with Gasteiger partial charge in [0.15, 0.2) is 0 Å². The normalized spacial score (nSPS) is 13.9. The van der Waals surface area contributed by atoms with E-state index < -0.39 is 0 Å². The summed E-state index contributed by atoms with van der Waals surface area (Å²) >= 11 is 1.36. The number of rotatable bonds is 8. The molecule has 2 aromatic rings.